The molecule has 0 fully saturated rings. The second-order valence-corrected chi connectivity index (χ2v) is 3.01. The molecule has 82 valence electrons. The van der Waals surface area contributed by atoms with E-state index in [-0.39, 0.29) is 0 Å². The van der Waals surface area contributed by atoms with E-state index in [1.165, 1.54) is 14.2 Å². The first kappa shape index (κ1) is 11.8. The maximum Gasteiger partial charge on any atom is 0.196 e. The molecule has 0 amide bonds. The van der Waals surface area contributed by atoms with Gasteiger partial charge in [0, 0.05) is 19.8 Å². The van der Waals surface area contributed by atoms with E-state index < -0.39 is 18.2 Å². The van der Waals surface area contributed by atoms with E-state index in [1.54, 1.807) is 30.3 Å². The van der Waals surface area contributed by atoms with Crippen LogP contribution >= 0.6 is 0 Å². The number of ketones is 1. The van der Waals surface area contributed by atoms with Gasteiger partial charge in [-0.1, -0.05) is 30.3 Å². The molecule has 1 N–H and O–H groups in total. The number of rotatable bonds is 5. The lowest BCUT2D eigenvalue weighted by Gasteiger charge is -2.18. The molecule has 1 rings (SSSR count). The van der Waals surface area contributed by atoms with Crippen LogP contribution in [0.1, 0.15) is 10.4 Å². The number of ether oxygens (including phenoxy) is 2. The zero-order valence-corrected chi connectivity index (χ0v) is 8.71. The van der Waals surface area contributed by atoms with Crippen molar-refractivity contribution in [2.75, 3.05) is 14.2 Å². The Bertz CT molecular complexity index is 306. The van der Waals surface area contributed by atoms with E-state index in [0.29, 0.717) is 5.56 Å². The SMILES string of the molecule is COC(OC)C(O)C(=O)c1ccccc1. The van der Waals surface area contributed by atoms with Crippen LogP contribution in [0.25, 0.3) is 0 Å². The second kappa shape index (κ2) is 5.60. The summed E-state index contributed by atoms with van der Waals surface area (Å²) in [6, 6.07) is 8.53. The maximum absolute atomic E-state index is 11.7. The number of carbonyl (C=O) groups is 1. The average molecular weight is 210 g/mol. The Hall–Kier alpha value is -1.23. The van der Waals surface area contributed by atoms with Crippen LogP contribution in [-0.4, -0.2) is 37.5 Å². The van der Waals surface area contributed by atoms with Gasteiger partial charge < -0.3 is 14.6 Å². The van der Waals surface area contributed by atoms with Crippen LogP contribution in [0, 0.1) is 0 Å². The van der Waals surface area contributed by atoms with Crippen LogP contribution in [0.5, 0.6) is 0 Å². The number of aliphatic hydroxyl groups excluding tert-OH is 1. The van der Waals surface area contributed by atoms with Crippen molar-refractivity contribution in [1.82, 2.24) is 0 Å². The molecule has 1 aromatic carbocycles. The first-order valence-corrected chi connectivity index (χ1v) is 4.53. The monoisotopic (exact) mass is 210 g/mol. The molecule has 0 spiro atoms. The Labute approximate surface area is 88.4 Å². The lowest BCUT2D eigenvalue weighted by molar-refractivity contribution is -0.150. The van der Waals surface area contributed by atoms with Crippen LogP contribution in [0.3, 0.4) is 0 Å². The first-order valence-electron chi connectivity index (χ1n) is 4.53. The molecular formula is C11H14O4. The van der Waals surface area contributed by atoms with Gasteiger partial charge >= 0.3 is 0 Å². The molecule has 0 saturated carbocycles. The highest BCUT2D eigenvalue weighted by Gasteiger charge is 2.26. The zero-order valence-electron chi connectivity index (χ0n) is 8.71. The summed E-state index contributed by atoms with van der Waals surface area (Å²) >= 11 is 0. The van der Waals surface area contributed by atoms with Crippen molar-refractivity contribution in [3.8, 4) is 0 Å². The van der Waals surface area contributed by atoms with Crippen LogP contribution in [-0.2, 0) is 9.47 Å². The number of hydrogen-bond donors (Lipinski definition) is 1. The summed E-state index contributed by atoms with van der Waals surface area (Å²) < 4.78 is 9.62. The number of hydrogen-bond acceptors (Lipinski definition) is 4. The highest BCUT2D eigenvalue weighted by atomic mass is 16.7. The predicted molar refractivity (Wildman–Crippen MR) is 54.6 cm³/mol. The van der Waals surface area contributed by atoms with Gasteiger partial charge in [0.05, 0.1) is 0 Å². The summed E-state index contributed by atoms with van der Waals surface area (Å²) in [5.74, 6) is -0.413. The molecule has 0 aromatic heterocycles. The highest BCUT2D eigenvalue weighted by Crippen LogP contribution is 2.08. The molecule has 0 saturated heterocycles. The Morgan fingerprint density at radius 2 is 1.73 bits per heavy atom. The maximum atomic E-state index is 11.7. The van der Waals surface area contributed by atoms with E-state index in [0.717, 1.165) is 0 Å². The minimum absolute atomic E-state index is 0.413. The van der Waals surface area contributed by atoms with Crippen LogP contribution < -0.4 is 0 Å². The third-order valence-corrected chi connectivity index (χ3v) is 2.05. The number of carbonyl (C=O) groups excluding carboxylic acids is 1. The second-order valence-electron chi connectivity index (χ2n) is 3.01. The van der Waals surface area contributed by atoms with Crippen molar-refractivity contribution < 1.29 is 19.4 Å². The Balaban J connectivity index is 2.77. The van der Waals surface area contributed by atoms with Crippen molar-refractivity contribution in [3.63, 3.8) is 0 Å². The standard InChI is InChI=1S/C11H14O4/c1-14-11(15-2)10(13)9(12)8-6-4-3-5-7-8/h3-7,10-11,13H,1-2H3. The van der Waals surface area contributed by atoms with Gasteiger partial charge in [-0.25, -0.2) is 0 Å². The molecular weight excluding hydrogens is 196 g/mol. The zero-order chi connectivity index (χ0) is 11.3. The molecule has 4 nitrogen and oxygen atoms in total. The Morgan fingerprint density at radius 3 is 2.20 bits per heavy atom. The average Bonchev–Trinajstić information content (AvgIpc) is 2.30. The van der Waals surface area contributed by atoms with E-state index in [2.05, 4.69) is 0 Å². The summed E-state index contributed by atoms with van der Waals surface area (Å²) in [5.41, 5.74) is 0.434. The van der Waals surface area contributed by atoms with E-state index >= 15 is 0 Å². The summed E-state index contributed by atoms with van der Waals surface area (Å²) in [4.78, 5) is 11.7. The van der Waals surface area contributed by atoms with E-state index in [4.69, 9.17) is 9.47 Å². The summed E-state index contributed by atoms with van der Waals surface area (Å²) in [6.07, 6.45) is -2.24. The van der Waals surface area contributed by atoms with Gasteiger partial charge in [0.25, 0.3) is 0 Å². The van der Waals surface area contributed by atoms with Crippen molar-refractivity contribution >= 4 is 5.78 Å². The molecule has 4 heteroatoms. The summed E-state index contributed by atoms with van der Waals surface area (Å²) in [6.45, 7) is 0. The smallest absolute Gasteiger partial charge is 0.196 e. The number of Topliss-reactive ketones (excluding diaryl/α,β-unsaturated/α-hetero) is 1. The summed E-state index contributed by atoms with van der Waals surface area (Å²) in [7, 11) is 2.74. The van der Waals surface area contributed by atoms with E-state index in [1.807, 2.05) is 0 Å². The highest BCUT2D eigenvalue weighted by molar-refractivity contribution is 5.99. The molecule has 1 unspecified atom stereocenters. The fraction of sp³-hybridized carbons (Fsp3) is 0.364. The summed E-state index contributed by atoms with van der Waals surface area (Å²) in [5, 5.41) is 9.63. The van der Waals surface area contributed by atoms with Crippen molar-refractivity contribution in [3.05, 3.63) is 35.9 Å². The number of aliphatic hydroxyl groups is 1. The lowest BCUT2D eigenvalue weighted by atomic mass is 10.1. The van der Waals surface area contributed by atoms with Crippen molar-refractivity contribution in [2.45, 2.75) is 12.4 Å². The van der Waals surface area contributed by atoms with Crippen LogP contribution in [0.4, 0.5) is 0 Å². The third-order valence-electron chi connectivity index (χ3n) is 2.05. The minimum Gasteiger partial charge on any atom is -0.380 e. The van der Waals surface area contributed by atoms with E-state index in [9.17, 15) is 9.90 Å². The van der Waals surface area contributed by atoms with Gasteiger partial charge in [0.2, 0.25) is 0 Å². The normalized spacial score (nSPS) is 12.8. The minimum atomic E-state index is -1.30. The topological polar surface area (TPSA) is 55.8 Å². The quantitative estimate of drug-likeness (QED) is 0.578. The van der Waals surface area contributed by atoms with Crippen molar-refractivity contribution in [1.29, 1.82) is 0 Å². The van der Waals surface area contributed by atoms with Crippen LogP contribution in [0.15, 0.2) is 30.3 Å². The molecule has 0 aliphatic rings. The molecule has 0 bridgehead atoms. The lowest BCUT2D eigenvalue weighted by Crippen LogP contribution is -2.36. The third kappa shape index (κ3) is 2.86. The molecule has 1 aromatic rings. The molecule has 0 aliphatic heterocycles. The molecule has 0 heterocycles. The molecule has 1 atom stereocenters. The van der Waals surface area contributed by atoms with Gasteiger partial charge in [-0.2, -0.15) is 0 Å². The number of benzene rings is 1. The fourth-order valence-electron chi connectivity index (χ4n) is 1.25. The van der Waals surface area contributed by atoms with Gasteiger partial charge in [-0.15, -0.1) is 0 Å². The van der Waals surface area contributed by atoms with Gasteiger partial charge in [0.1, 0.15) is 0 Å². The van der Waals surface area contributed by atoms with Gasteiger partial charge in [0.15, 0.2) is 18.2 Å². The van der Waals surface area contributed by atoms with Crippen LogP contribution in [0.2, 0.25) is 0 Å². The van der Waals surface area contributed by atoms with Crippen molar-refractivity contribution in [2.24, 2.45) is 0 Å². The molecule has 15 heavy (non-hydrogen) atoms. The van der Waals surface area contributed by atoms with Gasteiger partial charge in [-0.3, -0.25) is 4.79 Å². The first-order chi connectivity index (χ1) is 7.20. The Morgan fingerprint density at radius 1 is 1.20 bits per heavy atom. The predicted octanol–water partition coefficient (Wildman–Crippen LogP) is 0.849. The van der Waals surface area contributed by atoms with Gasteiger partial charge in [-0.05, 0) is 0 Å². The fourth-order valence-corrected chi connectivity index (χ4v) is 1.25. The Kier molecular flexibility index (Phi) is 4.42. The largest absolute Gasteiger partial charge is 0.380 e. The molecule has 0 aliphatic carbocycles. The molecule has 0 radical (unpaired) electrons. The number of methoxy groups -OCH3 is 2.